The van der Waals surface area contributed by atoms with E-state index in [9.17, 15) is 0 Å². The molecule has 124 valence electrons. The first-order valence-electron chi connectivity index (χ1n) is 7.49. The molecule has 1 unspecified atom stereocenters. The summed E-state index contributed by atoms with van der Waals surface area (Å²) in [4.78, 5) is 4.05. The van der Waals surface area contributed by atoms with Gasteiger partial charge in [-0.1, -0.05) is 17.7 Å². The van der Waals surface area contributed by atoms with E-state index in [4.69, 9.17) is 20.8 Å². The van der Waals surface area contributed by atoms with Gasteiger partial charge in [-0.05, 0) is 31.2 Å². The Labute approximate surface area is 144 Å². The Morgan fingerprint density at radius 3 is 2.83 bits per heavy atom. The Morgan fingerprint density at radius 2 is 2.17 bits per heavy atom. The van der Waals surface area contributed by atoms with E-state index in [-0.39, 0.29) is 6.04 Å². The molecule has 0 saturated carbocycles. The topological polar surface area (TPSA) is 73.1 Å². The van der Waals surface area contributed by atoms with E-state index in [0.717, 1.165) is 11.3 Å². The molecule has 0 aliphatic heterocycles. The number of nitrogens with zero attached hydrogens (tertiary/aromatic N) is 3. The van der Waals surface area contributed by atoms with E-state index in [1.54, 1.807) is 25.4 Å². The Bertz CT molecular complexity index is 807. The molecule has 0 amide bonds. The van der Waals surface area contributed by atoms with Crippen LogP contribution in [-0.4, -0.2) is 15.2 Å². The number of rotatable bonds is 6. The second-order valence-electron chi connectivity index (χ2n) is 5.32. The fourth-order valence-electron chi connectivity index (χ4n) is 2.15. The van der Waals surface area contributed by atoms with Gasteiger partial charge in [0.25, 0.3) is 0 Å². The van der Waals surface area contributed by atoms with E-state index in [0.29, 0.717) is 29.2 Å². The molecule has 7 heteroatoms. The third kappa shape index (κ3) is 4.02. The van der Waals surface area contributed by atoms with Crippen molar-refractivity contribution in [3.8, 4) is 5.75 Å². The van der Waals surface area contributed by atoms with Crippen molar-refractivity contribution in [2.24, 2.45) is 0 Å². The molecule has 1 atom stereocenters. The predicted molar refractivity (Wildman–Crippen MR) is 91.1 cm³/mol. The van der Waals surface area contributed by atoms with Crippen molar-refractivity contribution in [1.29, 1.82) is 0 Å². The number of pyridine rings is 1. The highest BCUT2D eigenvalue weighted by Crippen LogP contribution is 2.30. The van der Waals surface area contributed by atoms with Crippen LogP contribution in [0.2, 0.25) is 5.02 Å². The molecule has 2 aromatic heterocycles. The molecule has 0 saturated heterocycles. The summed E-state index contributed by atoms with van der Waals surface area (Å²) in [5, 5.41) is 11.6. The number of anilines is 1. The fraction of sp³-hybridized carbons (Fsp3) is 0.235. The monoisotopic (exact) mass is 344 g/mol. The largest absolute Gasteiger partial charge is 0.487 e. The highest BCUT2D eigenvalue weighted by atomic mass is 35.5. The van der Waals surface area contributed by atoms with Gasteiger partial charge in [-0.3, -0.25) is 4.98 Å². The molecule has 0 bridgehead atoms. The van der Waals surface area contributed by atoms with Crippen LogP contribution < -0.4 is 10.1 Å². The van der Waals surface area contributed by atoms with Crippen molar-refractivity contribution < 1.29 is 9.15 Å². The number of hydrogen-bond acceptors (Lipinski definition) is 6. The van der Waals surface area contributed by atoms with Crippen LogP contribution in [0.25, 0.3) is 0 Å². The van der Waals surface area contributed by atoms with Crippen molar-refractivity contribution in [2.75, 3.05) is 5.32 Å². The van der Waals surface area contributed by atoms with Crippen molar-refractivity contribution in [1.82, 2.24) is 15.2 Å². The summed E-state index contributed by atoms with van der Waals surface area (Å²) in [6, 6.07) is 9.22. The standard InChI is InChI=1S/C17H17ClN4O2/c1-11(17-22-21-12(2)24-17)20-14-5-6-16(15(18)8-14)23-10-13-4-3-7-19-9-13/h3-9,11,20H,10H2,1-2H3. The summed E-state index contributed by atoms with van der Waals surface area (Å²) in [5.74, 6) is 1.68. The highest BCUT2D eigenvalue weighted by Gasteiger charge is 2.13. The van der Waals surface area contributed by atoms with Gasteiger partial charge in [0, 0.05) is 30.6 Å². The third-order valence-corrected chi connectivity index (χ3v) is 3.64. The first kappa shape index (κ1) is 16.3. The van der Waals surface area contributed by atoms with E-state index >= 15 is 0 Å². The van der Waals surface area contributed by atoms with Gasteiger partial charge in [0.1, 0.15) is 18.4 Å². The van der Waals surface area contributed by atoms with E-state index < -0.39 is 0 Å². The average molecular weight is 345 g/mol. The molecule has 0 fully saturated rings. The molecule has 0 aliphatic carbocycles. The van der Waals surface area contributed by atoms with Gasteiger partial charge in [0.15, 0.2) is 0 Å². The van der Waals surface area contributed by atoms with Crippen LogP contribution in [0.3, 0.4) is 0 Å². The SMILES string of the molecule is Cc1nnc(C(C)Nc2ccc(OCc3cccnc3)c(Cl)c2)o1. The lowest BCUT2D eigenvalue weighted by atomic mass is 10.2. The van der Waals surface area contributed by atoms with Crippen molar-refractivity contribution in [2.45, 2.75) is 26.5 Å². The zero-order valence-corrected chi connectivity index (χ0v) is 14.1. The van der Waals surface area contributed by atoms with Crippen LogP contribution in [0.4, 0.5) is 5.69 Å². The van der Waals surface area contributed by atoms with E-state index in [2.05, 4.69) is 20.5 Å². The van der Waals surface area contributed by atoms with Crippen LogP contribution in [0, 0.1) is 6.92 Å². The zero-order valence-electron chi connectivity index (χ0n) is 13.4. The third-order valence-electron chi connectivity index (χ3n) is 3.34. The van der Waals surface area contributed by atoms with Crippen molar-refractivity contribution in [3.05, 3.63) is 65.1 Å². The number of aromatic nitrogens is 3. The summed E-state index contributed by atoms with van der Waals surface area (Å²) >= 11 is 6.30. The van der Waals surface area contributed by atoms with Gasteiger partial charge < -0.3 is 14.5 Å². The summed E-state index contributed by atoms with van der Waals surface area (Å²) in [5.41, 5.74) is 1.83. The van der Waals surface area contributed by atoms with Gasteiger partial charge in [0.2, 0.25) is 11.8 Å². The predicted octanol–water partition coefficient (Wildman–Crippen LogP) is 4.18. The minimum absolute atomic E-state index is 0.121. The normalized spacial score (nSPS) is 12.0. The van der Waals surface area contributed by atoms with Crippen LogP contribution in [0.15, 0.2) is 47.1 Å². The lowest BCUT2D eigenvalue weighted by Gasteiger charge is -2.13. The van der Waals surface area contributed by atoms with Gasteiger partial charge >= 0.3 is 0 Å². The van der Waals surface area contributed by atoms with Crippen molar-refractivity contribution >= 4 is 17.3 Å². The maximum atomic E-state index is 6.30. The Morgan fingerprint density at radius 1 is 1.29 bits per heavy atom. The van der Waals surface area contributed by atoms with E-state index in [1.165, 1.54) is 0 Å². The minimum atomic E-state index is -0.121. The first-order valence-corrected chi connectivity index (χ1v) is 7.87. The molecule has 3 rings (SSSR count). The molecule has 0 aliphatic rings. The molecule has 0 spiro atoms. The molecule has 1 N–H and O–H groups in total. The first-order chi connectivity index (χ1) is 11.6. The minimum Gasteiger partial charge on any atom is -0.487 e. The van der Waals surface area contributed by atoms with Gasteiger partial charge in [-0.15, -0.1) is 10.2 Å². The fourth-order valence-corrected chi connectivity index (χ4v) is 2.39. The highest BCUT2D eigenvalue weighted by molar-refractivity contribution is 6.32. The van der Waals surface area contributed by atoms with Crippen LogP contribution in [0.1, 0.15) is 30.3 Å². The molecule has 2 heterocycles. The Balaban J connectivity index is 1.64. The summed E-state index contributed by atoms with van der Waals surface area (Å²) in [7, 11) is 0. The summed E-state index contributed by atoms with van der Waals surface area (Å²) < 4.78 is 11.1. The molecule has 6 nitrogen and oxygen atoms in total. The quantitative estimate of drug-likeness (QED) is 0.723. The number of nitrogens with one attached hydrogen (secondary N) is 1. The van der Waals surface area contributed by atoms with Crippen LogP contribution in [-0.2, 0) is 6.61 Å². The smallest absolute Gasteiger partial charge is 0.238 e. The van der Waals surface area contributed by atoms with Gasteiger partial charge in [-0.2, -0.15) is 0 Å². The average Bonchev–Trinajstić information content (AvgIpc) is 3.02. The maximum Gasteiger partial charge on any atom is 0.238 e. The molecule has 3 aromatic rings. The summed E-state index contributed by atoms with van der Waals surface area (Å²) in [6.45, 7) is 4.11. The molecular weight excluding hydrogens is 328 g/mol. The number of hydrogen-bond donors (Lipinski definition) is 1. The Hall–Kier alpha value is -2.60. The lowest BCUT2D eigenvalue weighted by Crippen LogP contribution is -2.07. The van der Waals surface area contributed by atoms with Crippen LogP contribution >= 0.6 is 11.6 Å². The lowest BCUT2D eigenvalue weighted by molar-refractivity contribution is 0.306. The molecule has 1 aromatic carbocycles. The molecule has 24 heavy (non-hydrogen) atoms. The second kappa shape index (κ2) is 7.31. The van der Waals surface area contributed by atoms with Gasteiger partial charge in [0.05, 0.1) is 5.02 Å². The number of ether oxygens (including phenoxy) is 1. The van der Waals surface area contributed by atoms with E-state index in [1.807, 2.05) is 31.2 Å². The van der Waals surface area contributed by atoms with Crippen molar-refractivity contribution in [3.63, 3.8) is 0 Å². The molecule has 0 radical (unpaired) electrons. The second-order valence-corrected chi connectivity index (χ2v) is 5.73. The van der Waals surface area contributed by atoms with Gasteiger partial charge in [-0.25, -0.2) is 0 Å². The number of aryl methyl sites for hydroxylation is 1. The summed E-state index contributed by atoms with van der Waals surface area (Å²) in [6.07, 6.45) is 3.49. The molecular formula is C17H17ClN4O2. The number of halogens is 1. The maximum absolute atomic E-state index is 6.30. The van der Waals surface area contributed by atoms with Crippen LogP contribution in [0.5, 0.6) is 5.75 Å². The number of benzene rings is 1. The zero-order chi connectivity index (χ0) is 16.9. The Kier molecular flexibility index (Phi) is 4.96.